The summed E-state index contributed by atoms with van der Waals surface area (Å²) in [5.41, 5.74) is 8.16. The second-order valence-electron chi connectivity index (χ2n) is 16.3. The number of rotatable bonds is 5. The third-order valence-corrected chi connectivity index (χ3v) is 14.7. The fourth-order valence-electron chi connectivity index (χ4n) is 8.28. The minimum atomic E-state index is -0.142. The first-order chi connectivity index (χ1) is 35.1. The molecule has 0 saturated heterocycles. The van der Waals surface area contributed by atoms with Gasteiger partial charge in [0.15, 0.2) is 50.2 Å². The van der Waals surface area contributed by atoms with Crippen LogP contribution < -0.4 is 0 Å². The SMILES string of the molecule is Clc1nc[nH]c1Cl.O=C1c2ccccc2C(=O)c2cc(CBr)ccc21.O=C1c2ccccc2C(=O)c2cc(Cn3cnc(Cl)c3Cl)ccc21.O=C1c2ccccc2C(=O)c2cc(Cn3cnc(Cl)c3Cl)ccc21. The standard InChI is InChI=1S/2C18H10Cl2N2O2.C15H9BrO2.C3H2Cl2N2/c2*19-17-18(20)22(9-21-17)8-10-5-6-13-14(7-10)16(24)12-4-2-1-3-11(12)15(13)23;16-8-9-5-6-12-13(7-9)15(18)11-4-2-1-3-10(11)14(12)17;4-2-3(5)7-1-6-2/h2*1-7,9H,8H2;1-7H,8H2;1H,(H,6,7). The largest absolute Gasteiger partial charge is 0.334 e. The Kier molecular flexibility index (Phi) is 15.2. The van der Waals surface area contributed by atoms with Crippen LogP contribution >= 0.6 is 85.5 Å². The molecule has 0 aliphatic heterocycles. The van der Waals surface area contributed by atoms with Crippen molar-refractivity contribution < 1.29 is 28.8 Å². The van der Waals surface area contributed by atoms with Gasteiger partial charge in [0.25, 0.3) is 0 Å². The van der Waals surface area contributed by atoms with Gasteiger partial charge in [-0.3, -0.25) is 28.8 Å². The number of benzene rings is 6. The molecule has 73 heavy (non-hydrogen) atoms. The van der Waals surface area contributed by atoms with Crippen LogP contribution in [0.25, 0.3) is 0 Å². The van der Waals surface area contributed by atoms with Crippen molar-refractivity contribution in [3.8, 4) is 0 Å². The first kappa shape index (κ1) is 51.1. The van der Waals surface area contributed by atoms with Gasteiger partial charge >= 0.3 is 0 Å². The molecule has 3 aliphatic carbocycles. The first-order valence-corrected chi connectivity index (χ1v) is 25.1. The molecule has 9 aromatic rings. The summed E-state index contributed by atoms with van der Waals surface area (Å²) in [4.78, 5) is 89.3. The predicted octanol–water partition coefficient (Wildman–Crippen LogP) is 13.1. The number of imidazole rings is 3. The molecular formula is C54H31BrCl6N6O6. The maximum Gasteiger partial charge on any atom is 0.194 e. The minimum absolute atomic E-state index is 0.0667. The Morgan fingerprint density at radius 2 is 0.685 bits per heavy atom. The highest BCUT2D eigenvalue weighted by Crippen LogP contribution is 2.32. The molecule has 3 heterocycles. The molecule has 0 atom stereocenters. The summed E-state index contributed by atoms with van der Waals surface area (Å²) >= 11 is 37.9. The zero-order chi connectivity index (χ0) is 51.7. The van der Waals surface area contributed by atoms with Gasteiger partial charge in [0.1, 0.15) is 15.5 Å². The van der Waals surface area contributed by atoms with E-state index in [-0.39, 0.29) is 45.0 Å². The third kappa shape index (κ3) is 10.3. The van der Waals surface area contributed by atoms with Crippen molar-refractivity contribution in [1.29, 1.82) is 0 Å². The van der Waals surface area contributed by atoms with E-state index in [0.29, 0.717) is 106 Å². The summed E-state index contributed by atoms with van der Waals surface area (Å²) in [5, 5.41) is 2.51. The van der Waals surface area contributed by atoms with Crippen LogP contribution in [0.2, 0.25) is 30.9 Å². The number of carbonyl (C=O) groups excluding carboxylic acids is 6. The fraction of sp³-hybridized carbons (Fsp3) is 0.0556. The van der Waals surface area contributed by atoms with Gasteiger partial charge in [-0.15, -0.1) is 0 Å². The molecule has 0 spiro atoms. The Balaban J connectivity index is 0.000000127. The van der Waals surface area contributed by atoms with Crippen molar-refractivity contribution in [3.63, 3.8) is 0 Å². The number of aromatic nitrogens is 6. The smallest absolute Gasteiger partial charge is 0.194 e. The van der Waals surface area contributed by atoms with Crippen LogP contribution in [-0.2, 0) is 18.4 Å². The highest BCUT2D eigenvalue weighted by Gasteiger charge is 2.32. The number of nitrogens with one attached hydrogen (secondary N) is 1. The Hall–Kier alpha value is -6.81. The number of halogens is 7. The number of nitrogens with zero attached hydrogens (tertiary/aromatic N) is 5. The third-order valence-electron chi connectivity index (χ3n) is 11.8. The number of hydrogen-bond donors (Lipinski definition) is 1. The second-order valence-corrected chi connectivity index (χ2v) is 19.0. The van der Waals surface area contributed by atoms with Gasteiger partial charge in [-0.05, 0) is 53.1 Å². The monoisotopic (exact) mass is 1150 g/mol. The van der Waals surface area contributed by atoms with Crippen LogP contribution in [0.1, 0.15) is 112 Å². The summed E-state index contributed by atoms with van der Waals surface area (Å²) in [5.74, 6) is -0.677. The zero-order valence-electron chi connectivity index (χ0n) is 37.3. The quantitative estimate of drug-likeness (QED) is 0.165. The van der Waals surface area contributed by atoms with E-state index in [4.69, 9.17) is 69.6 Å². The number of aromatic amines is 1. The molecule has 0 radical (unpaired) electrons. The van der Waals surface area contributed by atoms with Crippen LogP contribution in [0.3, 0.4) is 0 Å². The first-order valence-electron chi connectivity index (χ1n) is 21.7. The maximum absolute atomic E-state index is 12.7. The van der Waals surface area contributed by atoms with E-state index < -0.39 is 0 Å². The van der Waals surface area contributed by atoms with E-state index in [1.54, 1.807) is 118 Å². The predicted molar refractivity (Wildman–Crippen MR) is 283 cm³/mol. The molecule has 0 saturated carbocycles. The van der Waals surface area contributed by atoms with Gasteiger partial charge in [0.2, 0.25) is 0 Å². The molecule has 0 amide bonds. The topological polar surface area (TPSA) is 167 Å². The lowest BCUT2D eigenvalue weighted by atomic mass is 9.83. The minimum Gasteiger partial charge on any atom is -0.334 e. The van der Waals surface area contributed by atoms with Crippen LogP contribution in [0.15, 0.2) is 146 Å². The van der Waals surface area contributed by atoms with Crippen molar-refractivity contribution in [3.05, 3.63) is 261 Å². The van der Waals surface area contributed by atoms with Gasteiger partial charge in [-0.2, -0.15) is 0 Å². The second kappa shape index (κ2) is 21.7. The molecule has 19 heteroatoms. The average Bonchev–Trinajstić information content (AvgIpc) is 4.07. The molecule has 12 nitrogen and oxygen atoms in total. The highest BCUT2D eigenvalue weighted by atomic mass is 79.9. The molecule has 0 bridgehead atoms. The van der Waals surface area contributed by atoms with Crippen molar-refractivity contribution in [2.24, 2.45) is 0 Å². The van der Waals surface area contributed by atoms with E-state index in [2.05, 4.69) is 35.9 Å². The average molecular weight is 1150 g/mol. The normalized spacial score (nSPS) is 12.6. The number of hydrogen-bond acceptors (Lipinski definition) is 9. The highest BCUT2D eigenvalue weighted by molar-refractivity contribution is 9.08. The lowest BCUT2D eigenvalue weighted by Crippen LogP contribution is -2.21. The Morgan fingerprint density at radius 1 is 0.384 bits per heavy atom. The molecule has 362 valence electrons. The van der Waals surface area contributed by atoms with Crippen LogP contribution in [0.5, 0.6) is 0 Å². The van der Waals surface area contributed by atoms with Crippen LogP contribution in [0.4, 0.5) is 0 Å². The summed E-state index contributed by atoms with van der Waals surface area (Å²) in [6, 6.07) is 36.6. The molecule has 1 N–H and O–H groups in total. The van der Waals surface area contributed by atoms with Crippen molar-refractivity contribution in [2.45, 2.75) is 18.4 Å². The molecule has 3 aliphatic rings. The van der Waals surface area contributed by atoms with E-state index in [1.807, 2.05) is 18.2 Å². The van der Waals surface area contributed by atoms with Crippen LogP contribution in [-0.4, -0.2) is 63.8 Å². The van der Waals surface area contributed by atoms with Gasteiger partial charge in [0, 0.05) is 85.2 Å². The Labute approximate surface area is 454 Å². The van der Waals surface area contributed by atoms with E-state index >= 15 is 0 Å². The molecule has 0 unspecified atom stereocenters. The van der Waals surface area contributed by atoms with Crippen molar-refractivity contribution >= 4 is 120 Å². The Bertz CT molecular complexity index is 3570. The number of alkyl halides is 1. The number of H-pyrrole nitrogens is 1. The lowest BCUT2D eigenvalue weighted by Gasteiger charge is -2.18. The van der Waals surface area contributed by atoms with Crippen molar-refractivity contribution in [2.75, 3.05) is 0 Å². The van der Waals surface area contributed by atoms with Gasteiger partial charge < -0.3 is 14.1 Å². The van der Waals surface area contributed by atoms with Gasteiger partial charge in [-0.25, -0.2) is 15.0 Å². The number of ketones is 6. The summed E-state index contributed by atoms with van der Waals surface area (Å²) in [6.07, 6.45) is 4.50. The summed E-state index contributed by atoms with van der Waals surface area (Å²) in [6.45, 7) is 0.823. The van der Waals surface area contributed by atoms with Gasteiger partial charge in [0.05, 0.1) is 19.0 Å². The summed E-state index contributed by atoms with van der Waals surface area (Å²) < 4.78 is 3.35. The number of fused-ring (bicyclic) bond motifs is 6. The Morgan fingerprint density at radius 3 is 0.945 bits per heavy atom. The fourth-order valence-corrected chi connectivity index (χ4v) is 9.44. The number of carbonyl (C=O) groups is 6. The lowest BCUT2D eigenvalue weighted by molar-refractivity contribution is 0.0979. The van der Waals surface area contributed by atoms with E-state index in [0.717, 1.165) is 16.7 Å². The molecule has 3 aromatic heterocycles. The molecular weight excluding hydrogens is 1120 g/mol. The zero-order valence-corrected chi connectivity index (χ0v) is 43.4. The van der Waals surface area contributed by atoms with E-state index in [9.17, 15) is 28.8 Å². The van der Waals surface area contributed by atoms with E-state index in [1.165, 1.54) is 19.0 Å². The summed E-state index contributed by atoms with van der Waals surface area (Å²) in [7, 11) is 0. The van der Waals surface area contributed by atoms with Crippen molar-refractivity contribution in [1.82, 2.24) is 29.1 Å². The maximum atomic E-state index is 12.7. The molecule has 12 rings (SSSR count). The van der Waals surface area contributed by atoms with Gasteiger partial charge in [-0.1, -0.05) is 177 Å². The molecule has 0 fully saturated rings. The van der Waals surface area contributed by atoms with Crippen LogP contribution in [0, 0.1) is 0 Å². The molecule has 6 aromatic carbocycles.